The average molecular weight is 448 g/mol. The number of carbonyl (C=O) groups excluding carboxylic acids is 1. The Labute approximate surface area is 193 Å². The summed E-state index contributed by atoms with van der Waals surface area (Å²) in [5.74, 6) is 1.33. The van der Waals surface area contributed by atoms with E-state index >= 15 is 0 Å². The number of rotatable bonds is 8. The van der Waals surface area contributed by atoms with Gasteiger partial charge in [-0.3, -0.25) is 9.59 Å². The van der Waals surface area contributed by atoms with E-state index in [9.17, 15) is 9.59 Å². The molecule has 0 fully saturated rings. The number of carbonyl (C=O) groups is 1. The highest BCUT2D eigenvalue weighted by molar-refractivity contribution is 5.94. The summed E-state index contributed by atoms with van der Waals surface area (Å²) in [6.07, 6.45) is 5.05. The quantitative estimate of drug-likeness (QED) is 0.553. The standard InChI is InChI=1S/C26H29N3O4/c1-32-20-13-18(14-21(16-20)33-2)10-11-27-25(30)19-7-5-6-17(12-19)15-24-22-8-3-4-9-23(22)26(31)29-28-24/h5-7,12-14,16H,3-4,8-11,15H2,1-2H3,(H,27,30)(H,29,31). The Bertz CT molecular complexity index is 1180. The van der Waals surface area contributed by atoms with E-state index in [1.807, 2.05) is 42.5 Å². The van der Waals surface area contributed by atoms with Gasteiger partial charge in [-0.05, 0) is 73.1 Å². The molecule has 0 unspecified atom stereocenters. The van der Waals surface area contributed by atoms with E-state index in [0.717, 1.165) is 65.1 Å². The molecule has 0 bridgehead atoms. The molecule has 172 valence electrons. The summed E-state index contributed by atoms with van der Waals surface area (Å²) in [5, 5.41) is 9.94. The van der Waals surface area contributed by atoms with Crippen LogP contribution in [0.2, 0.25) is 0 Å². The second-order valence-electron chi connectivity index (χ2n) is 8.27. The van der Waals surface area contributed by atoms with Crippen LogP contribution < -0.4 is 20.3 Å². The topological polar surface area (TPSA) is 93.3 Å². The molecule has 2 N–H and O–H groups in total. The van der Waals surface area contributed by atoms with Crippen molar-refractivity contribution in [3.63, 3.8) is 0 Å². The van der Waals surface area contributed by atoms with Crippen LogP contribution in [0, 0.1) is 0 Å². The minimum atomic E-state index is -0.122. The van der Waals surface area contributed by atoms with Gasteiger partial charge >= 0.3 is 0 Å². The van der Waals surface area contributed by atoms with E-state index < -0.39 is 0 Å². The van der Waals surface area contributed by atoms with Crippen LogP contribution in [0.25, 0.3) is 0 Å². The lowest BCUT2D eigenvalue weighted by Gasteiger charge is -2.17. The van der Waals surface area contributed by atoms with E-state index in [0.29, 0.717) is 24.9 Å². The minimum absolute atomic E-state index is 0.0739. The van der Waals surface area contributed by atoms with Crippen LogP contribution in [-0.2, 0) is 25.7 Å². The van der Waals surface area contributed by atoms with Crippen molar-refractivity contribution in [1.82, 2.24) is 15.5 Å². The van der Waals surface area contributed by atoms with Gasteiger partial charge in [0.2, 0.25) is 0 Å². The van der Waals surface area contributed by atoms with Crippen LogP contribution in [-0.4, -0.2) is 36.9 Å². The highest BCUT2D eigenvalue weighted by Crippen LogP contribution is 2.23. The predicted octanol–water partition coefficient (Wildman–Crippen LogP) is 3.23. The Hall–Kier alpha value is -3.61. The third kappa shape index (κ3) is 5.42. The Balaban J connectivity index is 1.41. The molecular weight excluding hydrogens is 418 g/mol. The average Bonchev–Trinajstić information content (AvgIpc) is 2.85. The molecule has 4 rings (SSSR count). The summed E-state index contributed by atoms with van der Waals surface area (Å²) >= 11 is 0. The zero-order chi connectivity index (χ0) is 23.2. The number of benzene rings is 2. The summed E-state index contributed by atoms with van der Waals surface area (Å²) in [6.45, 7) is 0.494. The molecule has 2 aromatic carbocycles. The van der Waals surface area contributed by atoms with Gasteiger partial charge in [-0.1, -0.05) is 12.1 Å². The highest BCUT2D eigenvalue weighted by atomic mass is 16.5. The molecule has 1 aliphatic carbocycles. The summed E-state index contributed by atoms with van der Waals surface area (Å²) < 4.78 is 10.6. The molecule has 0 saturated heterocycles. The maximum Gasteiger partial charge on any atom is 0.267 e. The van der Waals surface area contributed by atoms with Gasteiger partial charge in [0.25, 0.3) is 11.5 Å². The zero-order valence-corrected chi connectivity index (χ0v) is 19.1. The minimum Gasteiger partial charge on any atom is -0.497 e. The number of aromatic nitrogens is 2. The Morgan fingerprint density at radius 3 is 2.45 bits per heavy atom. The van der Waals surface area contributed by atoms with Gasteiger partial charge in [0, 0.05) is 30.2 Å². The second kappa shape index (κ2) is 10.3. The molecule has 0 spiro atoms. The molecule has 1 aromatic heterocycles. The lowest BCUT2D eigenvalue weighted by molar-refractivity contribution is 0.0954. The van der Waals surface area contributed by atoms with E-state index in [-0.39, 0.29) is 11.5 Å². The first-order chi connectivity index (χ1) is 16.1. The number of nitrogens with zero attached hydrogens (tertiary/aromatic N) is 1. The molecule has 1 amide bonds. The molecule has 0 aliphatic heterocycles. The van der Waals surface area contributed by atoms with Crippen molar-refractivity contribution in [2.75, 3.05) is 20.8 Å². The monoisotopic (exact) mass is 447 g/mol. The van der Waals surface area contributed by atoms with Gasteiger partial charge in [0.05, 0.1) is 19.9 Å². The number of aromatic amines is 1. The molecule has 3 aromatic rings. The number of amides is 1. The fourth-order valence-corrected chi connectivity index (χ4v) is 4.32. The van der Waals surface area contributed by atoms with Crippen molar-refractivity contribution in [2.24, 2.45) is 0 Å². The van der Waals surface area contributed by atoms with Crippen LogP contribution in [0.1, 0.15) is 51.1 Å². The lowest BCUT2D eigenvalue weighted by Crippen LogP contribution is -2.26. The van der Waals surface area contributed by atoms with Crippen LogP contribution in [0.3, 0.4) is 0 Å². The Morgan fingerprint density at radius 2 is 1.73 bits per heavy atom. The molecular formula is C26H29N3O4. The van der Waals surface area contributed by atoms with Crippen LogP contribution >= 0.6 is 0 Å². The van der Waals surface area contributed by atoms with Gasteiger partial charge < -0.3 is 14.8 Å². The van der Waals surface area contributed by atoms with E-state index in [1.54, 1.807) is 14.2 Å². The highest BCUT2D eigenvalue weighted by Gasteiger charge is 2.18. The number of methoxy groups -OCH3 is 2. The molecule has 1 heterocycles. The number of hydrogen-bond acceptors (Lipinski definition) is 5. The van der Waals surface area contributed by atoms with Crippen LogP contribution in [0.15, 0.2) is 47.3 Å². The van der Waals surface area contributed by atoms with Gasteiger partial charge in [0.1, 0.15) is 11.5 Å². The number of fused-ring (bicyclic) bond motifs is 1. The lowest BCUT2D eigenvalue weighted by atomic mass is 9.90. The molecule has 33 heavy (non-hydrogen) atoms. The molecule has 7 heteroatoms. The molecule has 0 radical (unpaired) electrons. The largest absolute Gasteiger partial charge is 0.497 e. The maximum absolute atomic E-state index is 12.7. The third-order valence-corrected chi connectivity index (χ3v) is 6.05. The number of H-pyrrole nitrogens is 1. The molecule has 0 saturated carbocycles. The molecule has 0 atom stereocenters. The second-order valence-corrected chi connectivity index (χ2v) is 8.27. The summed E-state index contributed by atoms with van der Waals surface area (Å²) in [4.78, 5) is 24.8. The van der Waals surface area contributed by atoms with Gasteiger partial charge in [0.15, 0.2) is 0 Å². The first kappa shape index (κ1) is 22.6. The van der Waals surface area contributed by atoms with Crippen molar-refractivity contribution in [3.05, 3.63) is 86.3 Å². The number of hydrogen-bond donors (Lipinski definition) is 2. The van der Waals surface area contributed by atoms with Gasteiger partial charge in [-0.2, -0.15) is 5.10 Å². The fraction of sp³-hybridized carbons (Fsp3) is 0.346. The summed E-state index contributed by atoms with van der Waals surface area (Å²) in [5.41, 5.74) is 5.39. The summed E-state index contributed by atoms with van der Waals surface area (Å²) in [7, 11) is 3.23. The van der Waals surface area contributed by atoms with Gasteiger partial charge in [-0.25, -0.2) is 5.10 Å². The van der Waals surface area contributed by atoms with E-state index in [4.69, 9.17) is 9.47 Å². The first-order valence-electron chi connectivity index (χ1n) is 11.3. The van der Waals surface area contributed by atoms with Crippen molar-refractivity contribution in [3.8, 4) is 11.5 Å². The van der Waals surface area contributed by atoms with E-state index in [1.165, 1.54) is 0 Å². The SMILES string of the molecule is COc1cc(CCNC(=O)c2cccc(Cc3n[nH]c(=O)c4c3CCCC4)c2)cc(OC)c1. The van der Waals surface area contributed by atoms with Crippen molar-refractivity contribution >= 4 is 5.91 Å². The van der Waals surface area contributed by atoms with E-state index in [2.05, 4.69) is 15.5 Å². The number of nitrogens with one attached hydrogen (secondary N) is 2. The predicted molar refractivity (Wildman–Crippen MR) is 126 cm³/mol. The fourth-order valence-electron chi connectivity index (χ4n) is 4.32. The number of ether oxygens (including phenoxy) is 2. The molecule has 7 nitrogen and oxygen atoms in total. The third-order valence-electron chi connectivity index (χ3n) is 6.05. The maximum atomic E-state index is 12.7. The summed E-state index contributed by atoms with van der Waals surface area (Å²) in [6, 6.07) is 13.3. The van der Waals surface area contributed by atoms with Crippen molar-refractivity contribution < 1.29 is 14.3 Å². The van der Waals surface area contributed by atoms with Crippen molar-refractivity contribution in [2.45, 2.75) is 38.5 Å². The zero-order valence-electron chi connectivity index (χ0n) is 19.1. The smallest absolute Gasteiger partial charge is 0.267 e. The molecule has 1 aliphatic rings. The normalized spacial score (nSPS) is 12.7. The van der Waals surface area contributed by atoms with Crippen LogP contribution in [0.5, 0.6) is 11.5 Å². The van der Waals surface area contributed by atoms with Crippen molar-refractivity contribution in [1.29, 1.82) is 0 Å². The Morgan fingerprint density at radius 1 is 1.00 bits per heavy atom. The Kier molecular flexibility index (Phi) is 7.07. The van der Waals surface area contributed by atoms with Crippen LogP contribution in [0.4, 0.5) is 0 Å². The van der Waals surface area contributed by atoms with Gasteiger partial charge in [-0.15, -0.1) is 0 Å². The first-order valence-corrected chi connectivity index (χ1v) is 11.3.